The summed E-state index contributed by atoms with van der Waals surface area (Å²) in [4.78, 5) is 10.6. The summed E-state index contributed by atoms with van der Waals surface area (Å²) in [5, 5.41) is 0. The summed E-state index contributed by atoms with van der Waals surface area (Å²) in [6.07, 6.45) is 0.385. The lowest BCUT2D eigenvalue weighted by Crippen LogP contribution is -2.45. The molecule has 0 spiro atoms. The average molecular weight is 256 g/mol. The molecular formula is C11H12O5S. The third-order valence-electron chi connectivity index (χ3n) is 2.50. The highest BCUT2D eigenvalue weighted by Gasteiger charge is 2.35. The minimum atomic E-state index is -2.91. The summed E-state index contributed by atoms with van der Waals surface area (Å²) in [6, 6.07) is 4.75. The Labute approximate surface area is 99.3 Å². The number of carbonyl (C=O) groups excluding carboxylic acids is 1. The zero-order valence-electron chi connectivity index (χ0n) is 9.25. The van der Waals surface area contributed by atoms with Gasteiger partial charge in [-0.25, -0.2) is 8.42 Å². The van der Waals surface area contributed by atoms with Gasteiger partial charge in [0.05, 0.1) is 18.6 Å². The van der Waals surface area contributed by atoms with Gasteiger partial charge in [0, 0.05) is 5.56 Å². The van der Waals surface area contributed by atoms with Crippen molar-refractivity contribution in [2.24, 2.45) is 0 Å². The van der Waals surface area contributed by atoms with Crippen LogP contribution in [0.2, 0.25) is 0 Å². The van der Waals surface area contributed by atoms with Crippen molar-refractivity contribution in [2.45, 2.75) is 6.10 Å². The van der Waals surface area contributed by atoms with E-state index in [1.165, 1.54) is 7.11 Å². The molecule has 5 nitrogen and oxygen atoms in total. The second-order valence-electron chi connectivity index (χ2n) is 3.84. The number of hydrogen-bond acceptors (Lipinski definition) is 5. The van der Waals surface area contributed by atoms with E-state index in [4.69, 9.17) is 9.47 Å². The molecule has 0 N–H and O–H groups in total. The smallest absolute Gasteiger partial charge is 0.161 e. The van der Waals surface area contributed by atoms with Gasteiger partial charge >= 0.3 is 0 Å². The molecule has 0 amide bonds. The normalized spacial score (nSPS) is 18.2. The molecule has 2 rings (SSSR count). The molecule has 1 fully saturated rings. The number of benzene rings is 1. The van der Waals surface area contributed by atoms with Gasteiger partial charge < -0.3 is 9.47 Å². The Morgan fingerprint density at radius 1 is 1.29 bits per heavy atom. The predicted octanol–water partition coefficient (Wildman–Crippen LogP) is 0.683. The van der Waals surface area contributed by atoms with E-state index in [0.717, 1.165) is 0 Å². The third kappa shape index (κ3) is 2.58. The Morgan fingerprint density at radius 2 is 2.00 bits per heavy atom. The van der Waals surface area contributed by atoms with E-state index < -0.39 is 9.84 Å². The molecule has 0 saturated carbocycles. The van der Waals surface area contributed by atoms with Crippen molar-refractivity contribution in [2.75, 3.05) is 18.6 Å². The molecule has 0 bridgehead atoms. The van der Waals surface area contributed by atoms with Crippen molar-refractivity contribution in [1.82, 2.24) is 0 Å². The van der Waals surface area contributed by atoms with Crippen molar-refractivity contribution in [3.8, 4) is 11.5 Å². The summed E-state index contributed by atoms with van der Waals surface area (Å²) in [6.45, 7) is 0. The second kappa shape index (κ2) is 4.37. The number of hydrogen-bond donors (Lipinski definition) is 0. The topological polar surface area (TPSA) is 69.7 Å². The van der Waals surface area contributed by atoms with Crippen molar-refractivity contribution >= 4 is 16.1 Å². The van der Waals surface area contributed by atoms with Gasteiger partial charge in [-0.15, -0.1) is 0 Å². The zero-order valence-corrected chi connectivity index (χ0v) is 10.1. The summed E-state index contributed by atoms with van der Waals surface area (Å²) in [7, 11) is -1.44. The monoisotopic (exact) mass is 256 g/mol. The fraction of sp³-hybridized carbons (Fsp3) is 0.364. The summed E-state index contributed by atoms with van der Waals surface area (Å²) in [5.41, 5.74) is 0.482. The zero-order chi connectivity index (χ0) is 12.5. The molecule has 92 valence electrons. The minimum absolute atomic E-state index is 0.0333. The van der Waals surface area contributed by atoms with Crippen LogP contribution in [0, 0.1) is 0 Å². The fourth-order valence-corrected chi connectivity index (χ4v) is 2.79. The highest BCUT2D eigenvalue weighted by Crippen LogP contribution is 2.30. The minimum Gasteiger partial charge on any atom is -0.493 e. The molecule has 0 unspecified atom stereocenters. The van der Waals surface area contributed by atoms with Crippen LogP contribution in [0.3, 0.4) is 0 Å². The number of carbonyl (C=O) groups is 1. The maximum Gasteiger partial charge on any atom is 0.161 e. The third-order valence-corrected chi connectivity index (χ3v) is 4.26. The van der Waals surface area contributed by atoms with E-state index in [-0.39, 0.29) is 17.6 Å². The van der Waals surface area contributed by atoms with Gasteiger partial charge in [0.1, 0.15) is 12.4 Å². The van der Waals surface area contributed by atoms with Gasteiger partial charge in [0.2, 0.25) is 0 Å². The maximum atomic E-state index is 11.0. The van der Waals surface area contributed by atoms with Crippen LogP contribution in [0.5, 0.6) is 11.5 Å². The van der Waals surface area contributed by atoms with Crippen LogP contribution in [0.1, 0.15) is 10.4 Å². The first-order chi connectivity index (χ1) is 8.04. The lowest BCUT2D eigenvalue weighted by Gasteiger charge is -2.27. The number of rotatable bonds is 4. The fourth-order valence-electron chi connectivity index (χ4n) is 1.62. The Bertz CT molecular complexity index is 523. The van der Waals surface area contributed by atoms with Crippen LogP contribution in [-0.2, 0) is 9.84 Å². The van der Waals surface area contributed by atoms with Gasteiger partial charge in [0.15, 0.2) is 21.3 Å². The summed E-state index contributed by atoms with van der Waals surface area (Å²) in [5.74, 6) is 0.953. The highest BCUT2D eigenvalue weighted by molar-refractivity contribution is 7.92. The van der Waals surface area contributed by atoms with Crippen LogP contribution in [-0.4, -0.2) is 39.4 Å². The Hall–Kier alpha value is -1.56. The molecule has 0 atom stereocenters. The predicted molar refractivity (Wildman–Crippen MR) is 61.5 cm³/mol. The molecule has 1 aliphatic heterocycles. The molecule has 0 radical (unpaired) electrons. The SMILES string of the molecule is COc1cc(C=O)ccc1OC1CS(=O)(=O)C1. The van der Waals surface area contributed by atoms with Gasteiger partial charge in [0.25, 0.3) is 0 Å². The number of sulfone groups is 1. The van der Waals surface area contributed by atoms with E-state index in [0.29, 0.717) is 23.3 Å². The van der Waals surface area contributed by atoms with E-state index >= 15 is 0 Å². The largest absolute Gasteiger partial charge is 0.493 e. The lowest BCUT2D eigenvalue weighted by molar-refractivity contribution is 0.112. The molecule has 17 heavy (non-hydrogen) atoms. The standard InChI is InChI=1S/C11H12O5S/c1-15-11-4-8(5-12)2-3-10(11)16-9-6-17(13,14)7-9/h2-5,9H,6-7H2,1H3. The van der Waals surface area contributed by atoms with E-state index in [1.807, 2.05) is 0 Å². The first kappa shape index (κ1) is 11.9. The molecular weight excluding hydrogens is 244 g/mol. The van der Waals surface area contributed by atoms with E-state index in [1.54, 1.807) is 18.2 Å². The van der Waals surface area contributed by atoms with Crippen LogP contribution in [0.25, 0.3) is 0 Å². The van der Waals surface area contributed by atoms with Crippen LogP contribution in [0.15, 0.2) is 18.2 Å². The van der Waals surface area contributed by atoms with E-state index in [9.17, 15) is 13.2 Å². The summed E-state index contributed by atoms with van der Waals surface area (Å²) >= 11 is 0. The molecule has 1 aliphatic rings. The first-order valence-electron chi connectivity index (χ1n) is 5.04. The molecule has 0 aliphatic carbocycles. The van der Waals surface area contributed by atoms with Gasteiger partial charge in [-0.05, 0) is 18.2 Å². The molecule has 1 aromatic carbocycles. The average Bonchev–Trinajstić information content (AvgIpc) is 2.27. The van der Waals surface area contributed by atoms with Crippen molar-refractivity contribution in [1.29, 1.82) is 0 Å². The van der Waals surface area contributed by atoms with Gasteiger partial charge in [-0.3, -0.25) is 4.79 Å². The molecule has 1 aromatic rings. The quantitative estimate of drug-likeness (QED) is 0.741. The second-order valence-corrected chi connectivity index (χ2v) is 6.00. The molecule has 1 heterocycles. The Morgan fingerprint density at radius 3 is 2.53 bits per heavy atom. The first-order valence-corrected chi connectivity index (χ1v) is 6.86. The summed E-state index contributed by atoms with van der Waals surface area (Å²) < 4.78 is 32.5. The molecule has 1 saturated heterocycles. The number of methoxy groups -OCH3 is 1. The molecule has 0 aromatic heterocycles. The lowest BCUT2D eigenvalue weighted by atomic mass is 10.2. The number of ether oxygens (including phenoxy) is 2. The van der Waals surface area contributed by atoms with Crippen molar-refractivity contribution < 1.29 is 22.7 Å². The van der Waals surface area contributed by atoms with Crippen LogP contribution in [0.4, 0.5) is 0 Å². The molecule has 6 heteroatoms. The van der Waals surface area contributed by atoms with E-state index in [2.05, 4.69) is 0 Å². The van der Waals surface area contributed by atoms with Crippen molar-refractivity contribution in [3.63, 3.8) is 0 Å². The number of aldehydes is 1. The Kier molecular flexibility index (Phi) is 3.06. The van der Waals surface area contributed by atoms with Crippen LogP contribution < -0.4 is 9.47 Å². The van der Waals surface area contributed by atoms with Gasteiger partial charge in [-0.1, -0.05) is 0 Å². The van der Waals surface area contributed by atoms with Crippen LogP contribution >= 0.6 is 0 Å². The Balaban J connectivity index is 2.13. The van der Waals surface area contributed by atoms with Gasteiger partial charge in [-0.2, -0.15) is 0 Å². The maximum absolute atomic E-state index is 11.0. The van der Waals surface area contributed by atoms with Crippen molar-refractivity contribution in [3.05, 3.63) is 23.8 Å². The highest BCUT2D eigenvalue weighted by atomic mass is 32.2.